The van der Waals surface area contributed by atoms with Crippen LogP contribution in [0.15, 0.2) is 10.7 Å². The fourth-order valence-corrected chi connectivity index (χ4v) is 3.07. The van der Waals surface area contributed by atoms with E-state index >= 15 is 0 Å². The Morgan fingerprint density at radius 3 is 2.80 bits per heavy atom. The van der Waals surface area contributed by atoms with Gasteiger partial charge in [0.2, 0.25) is 0 Å². The lowest BCUT2D eigenvalue weighted by Gasteiger charge is -2.28. The van der Waals surface area contributed by atoms with Gasteiger partial charge in [0.1, 0.15) is 16.2 Å². The summed E-state index contributed by atoms with van der Waals surface area (Å²) in [5.41, 5.74) is 0. The van der Waals surface area contributed by atoms with Crippen LogP contribution >= 0.6 is 15.9 Å². The SMILES string of the molecule is CCCc1nc(Br)cc(NCCC2CCN(C)CC2)n1. The zero-order chi connectivity index (χ0) is 14.4. The maximum absolute atomic E-state index is 4.56. The summed E-state index contributed by atoms with van der Waals surface area (Å²) in [5.74, 6) is 2.73. The third kappa shape index (κ3) is 5.02. The first kappa shape index (κ1) is 15.7. The molecule has 0 amide bonds. The molecule has 0 aliphatic carbocycles. The van der Waals surface area contributed by atoms with Gasteiger partial charge in [-0.25, -0.2) is 9.97 Å². The maximum atomic E-state index is 4.56. The van der Waals surface area contributed by atoms with Gasteiger partial charge in [0.05, 0.1) is 0 Å². The molecule has 0 unspecified atom stereocenters. The average molecular weight is 341 g/mol. The number of piperidine rings is 1. The highest BCUT2D eigenvalue weighted by Gasteiger charge is 2.16. The summed E-state index contributed by atoms with van der Waals surface area (Å²) in [6.07, 6.45) is 5.90. The molecule has 4 nitrogen and oxygen atoms in total. The second-order valence-electron chi connectivity index (χ2n) is 5.70. The van der Waals surface area contributed by atoms with Crippen molar-refractivity contribution in [1.82, 2.24) is 14.9 Å². The zero-order valence-corrected chi connectivity index (χ0v) is 14.1. The molecule has 20 heavy (non-hydrogen) atoms. The zero-order valence-electron chi connectivity index (χ0n) is 12.5. The van der Waals surface area contributed by atoms with Gasteiger partial charge in [0.15, 0.2) is 0 Å². The van der Waals surface area contributed by atoms with Crippen molar-refractivity contribution in [2.45, 2.75) is 39.0 Å². The lowest BCUT2D eigenvalue weighted by molar-refractivity contribution is 0.215. The molecular weight excluding hydrogens is 316 g/mol. The Bertz CT molecular complexity index is 416. The second-order valence-corrected chi connectivity index (χ2v) is 6.52. The Morgan fingerprint density at radius 2 is 2.10 bits per heavy atom. The lowest BCUT2D eigenvalue weighted by atomic mass is 9.94. The van der Waals surface area contributed by atoms with Crippen LogP contribution in [0, 0.1) is 5.92 Å². The number of nitrogens with one attached hydrogen (secondary N) is 1. The molecule has 0 saturated carbocycles. The van der Waals surface area contributed by atoms with Crippen molar-refractivity contribution in [2.24, 2.45) is 5.92 Å². The Kier molecular flexibility index (Phi) is 6.23. The standard InChI is InChI=1S/C15H25BrN4/c1-3-4-14-18-13(16)11-15(19-14)17-8-5-12-6-9-20(2)10-7-12/h11-12H,3-10H2,1-2H3,(H,17,18,19). The van der Waals surface area contributed by atoms with Crippen LogP contribution in [0.5, 0.6) is 0 Å². The molecule has 0 aromatic carbocycles. The lowest BCUT2D eigenvalue weighted by Crippen LogP contribution is -2.30. The van der Waals surface area contributed by atoms with Gasteiger partial charge in [-0.1, -0.05) is 6.92 Å². The Morgan fingerprint density at radius 1 is 1.35 bits per heavy atom. The summed E-state index contributed by atoms with van der Waals surface area (Å²) in [6, 6.07) is 1.97. The van der Waals surface area contributed by atoms with Gasteiger partial charge in [-0.3, -0.25) is 0 Å². The summed E-state index contributed by atoms with van der Waals surface area (Å²) in [4.78, 5) is 11.4. The highest BCUT2D eigenvalue weighted by Crippen LogP contribution is 2.20. The maximum Gasteiger partial charge on any atom is 0.132 e. The van der Waals surface area contributed by atoms with Crippen LogP contribution in [0.3, 0.4) is 0 Å². The smallest absolute Gasteiger partial charge is 0.132 e. The van der Waals surface area contributed by atoms with Gasteiger partial charge in [0.25, 0.3) is 0 Å². The molecule has 5 heteroatoms. The molecule has 1 aromatic heterocycles. The van der Waals surface area contributed by atoms with Crippen LogP contribution in [0.2, 0.25) is 0 Å². The summed E-state index contributed by atoms with van der Waals surface area (Å²) < 4.78 is 0.873. The molecule has 1 fully saturated rings. The molecule has 112 valence electrons. The van der Waals surface area contributed by atoms with Crippen molar-refractivity contribution in [1.29, 1.82) is 0 Å². The van der Waals surface area contributed by atoms with Crippen LogP contribution in [-0.2, 0) is 6.42 Å². The van der Waals surface area contributed by atoms with E-state index < -0.39 is 0 Å². The number of hydrogen-bond donors (Lipinski definition) is 1. The van der Waals surface area contributed by atoms with Gasteiger partial charge in [0, 0.05) is 19.0 Å². The van der Waals surface area contributed by atoms with Gasteiger partial charge in [-0.2, -0.15) is 0 Å². The van der Waals surface area contributed by atoms with E-state index in [-0.39, 0.29) is 0 Å². The van der Waals surface area contributed by atoms with Crippen LogP contribution in [0.25, 0.3) is 0 Å². The largest absolute Gasteiger partial charge is 0.370 e. The fourth-order valence-electron chi connectivity index (χ4n) is 2.65. The Balaban J connectivity index is 1.78. The van der Waals surface area contributed by atoms with E-state index in [1.54, 1.807) is 0 Å². The minimum Gasteiger partial charge on any atom is -0.370 e. The van der Waals surface area contributed by atoms with Crippen molar-refractivity contribution in [2.75, 3.05) is 32.0 Å². The molecular formula is C15H25BrN4. The summed E-state index contributed by atoms with van der Waals surface area (Å²) in [6.45, 7) is 5.63. The van der Waals surface area contributed by atoms with Crippen molar-refractivity contribution in [3.63, 3.8) is 0 Å². The highest BCUT2D eigenvalue weighted by atomic mass is 79.9. The molecule has 1 aromatic rings. The van der Waals surface area contributed by atoms with Crippen molar-refractivity contribution in [3.8, 4) is 0 Å². The van der Waals surface area contributed by atoms with Crippen LogP contribution in [0.4, 0.5) is 5.82 Å². The fraction of sp³-hybridized carbons (Fsp3) is 0.733. The Labute approximate surface area is 130 Å². The molecule has 1 N–H and O–H groups in total. The van der Waals surface area contributed by atoms with Crippen LogP contribution < -0.4 is 5.32 Å². The normalized spacial score (nSPS) is 17.4. The van der Waals surface area contributed by atoms with Crippen molar-refractivity contribution >= 4 is 21.7 Å². The van der Waals surface area contributed by atoms with E-state index in [1.165, 1.54) is 32.4 Å². The second kappa shape index (κ2) is 7.93. The van der Waals surface area contributed by atoms with E-state index in [0.717, 1.165) is 41.5 Å². The monoisotopic (exact) mass is 340 g/mol. The van der Waals surface area contributed by atoms with E-state index in [9.17, 15) is 0 Å². The van der Waals surface area contributed by atoms with Crippen molar-refractivity contribution in [3.05, 3.63) is 16.5 Å². The molecule has 0 atom stereocenters. The number of anilines is 1. The predicted molar refractivity (Wildman–Crippen MR) is 87.1 cm³/mol. The first-order valence-corrected chi connectivity index (χ1v) is 8.42. The van der Waals surface area contributed by atoms with E-state index in [1.807, 2.05) is 6.07 Å². The predicted octanol–water partition coefficient (Wildman–Crippen LogP) is 3.34. The van der Waals surface area contributed by atoms with Crippen LogP contribution in [0.1, 0.15) is 38.4 Å². The first-order valence-electron chi connectivity index (χ1n) is 7.63. The molecule has 1 saturated heterocycles. The quantitative estimate of drug-likeness (QED) is 0.806. The van der Waals surface area contributed by atoms with E-state index in [0.29, 0.717) is 0 Å². The minimum absolute atomic E-state index is 0.860. The van der Waals surface area contributed by atoms with Crippen LogP contribution in [-0.4, -0.2) is 41.5 Å². The molecule has 2 rings (SSSR count). The summed E-state index contributed by atoms with van der Waals surface area (Å²) >= 11 is 3.46. The third-order valence-electron chi connectivity index (χ3n) is 3.91. The average Bonchev–Trinajstić information content (AvgIpc) is 2.41. The molecule has 2 heterocycles. The van der Waals surface area contributed by atoms with E-state index in [2.05, 4.69) is 50.1 Å². The Hall–Kier alpha value is -0.680. The molecule has 0 spiro atoms. The summed E-state index contributed by atoms with van der Waals surface area (Å²) in [7, 11) is 2.21. The van der Waals surface area contributed by atoms with Gasteiger partial charge in [-0.15, -0.1) is 0 Å². The number of hydrogen-bond acceptors (Lipinski definition) is 4. The molecule has 0 radical (unpaired) electrons. The molecule has 1 aliphatic rings. The number of rotatable bonds is 6. The molecule has 1 aliphatic heterocycles. The molecule has 0 bridgehead atoms. The third-order valence-corrected chi connectivity index (χ3v) is 4.32. The van der Waals surface area contributed by atoms with Gasteiger partial charge in [-0.05, 0) is 67.7 Å². The van der Waals surface area contributed by atoms with Gasteiger partial charge >= 0.3 is 0 Å². The number of aryl methyl sites for hydroxylation is 1. The van der Waals surface area contributed by atoms with Crippen molar-refractivity contribution < 1.29 is 0 Å². The van der Waals surface area contributed by atoms with Gasteiger partial charge < -0.3 is 10.2 Å². The highest BCUT2D eigenvalue weighted by molar-refractivity contribution is 9.10. The minimum atomic E-state index is 0.860. The topological polar surface area (TPSA) is 41.1 Å². The first-order chi connectivity index (χ1) is 9.67. The number of halogens is 1. The number of likely N-dealkylation sites (tertiary alicyclic amines) is 1. The summed E-state index contributed by atoms with van der Waals surface area (Å²) in [5, 5.41) is 3.45. The number of nitrogens with zero attached hydrogens (tertiary/aromatic N) is 3. The van der Waals surface area contributed by atoms with E-state index in [4.69, 9.17) is 0 Å². The number of aromatic nitrogens is 2.